The molecule has 0 aliphatic carbocycles. The summed E-state index contributed by atoms with van der Waals surface area (Å²) in [5.41, 5.74) is 0.954. The Morgan fingerprint density at radius 1 is 1.44 bits per heavy atom. The third-order valence-electron chi connectivity index (χ3n) is 3.52. The third kappa shape index (κ3) is 3.07. The number of nitrogens with one attached hydrogen (secondary N) is 1. The molecule has 4 nitrogen and oxygen atoms in total. The zero-order valence-corrected chi connectivity index (χ0v) is 11.1. The van der Waals surface area contributed by atoms with Gasteiger partial charge in [0, 0.05) is 12.7 Å². The minimum atomic E-state index is -0.0429. The van der Waals surface area contributed by atoms with E-state index in [-0.39, 0.29) is 11.9 Å². The van der Waals surface area contributed by atoms with Crippen LogP contribution in [0.2, 0.25) is 0 Å². The molecule has 1 amide bonds. The van der Waals surface area contributed by atoms with Crippen LogP contribution in [0.1, 0.15) is 25.5 Å². The number of rotatable bonds is 3. The van der Waals surface area contributed by atoms with Gasteiger partial charge in [0.05, 0.1) is 18.3 Å². The van der Waals surface area contributed by atoms with Crippen molar-refractivity contribution in [2.45, 2.75) is 32.4 Å². The van der Waals surface area contributed by atoms with Crippen molar-refractivity contribution in [3.8, 4) is 0 Å². The zero-order chi connectivity index (χ0) is 13.0. The van der Waals surface area contributed by atoms with Crippen LogP contribution in [0.25, 0.3) is 0 Å². The van der Waals surface area contributed by atoms with E-state index in [2.05, 4.69) is 17.2 Å². The van der Waals surface area contributed by atoms with E-state index in [9.17, 15) is 4.79 Å². The highest BCUT2D eigenvalue weighted by atomic mass is 16.2. The van der Waals surface area contributed by atoms with E-state index in [4.69, 9.17) is 0 Å². The molecule has 0 saturated carbocycles. The highest BCUT2D eigenvalue weighted by molar-refractivity contribution is 5.82. The second kappa shape index (κ2) is 5.96. The van der Waals surface area contributed by atoms with Crippen molar-refractivity contribution in [1.82, 2.24) is 15.2 Å². The van der Waals surface area contributed by atoms with Crippen LogP contribution in [0, 0.1) is 5.92 Å². The summed E-state index contributed by atoms with van der Waals surface area (Å²) in [6.45, 7) is 3.65. The number of hydrogen-bond donors (Lipinski definition) is 1. The number of nitrogens with zero attached hydrogens (tertiary/aromatic N) is 2. The molecule has 1 N–H and O–H groups in total. The second-order valence-electron chi connectivity index (χ2n) is 5.06. The van der Waals surface area contributed by atoms with Crippen LogP contribution in [0.4, 0.5) is 0 Å². The van der Waals surface area contributed by atoms with Gasteiger partial charge in [-0.15, -0.1) is 0 Å². The van der Waals surface area contributed by atoms with Crippen molar-refractivity contribution >= 4 is 5.91 Å². The van der Waals surface area contributed by atoms with Gasteiger partial charge in [-0.1, -0.05) is 13.0 Å². The Balaban J connectivity index is 2.11. The van der Waals surface area contributed by atoms with Gasteiger partial charge in [-0.2, -0.15) is 0 Å². The lowest BCUT2D eigenvalue weighted by Gasteiger charge is -2.25. The SMILES string of the molecule is CNC1CCC(C)CN(Cc2ccccn2)C1=O. The first kappa shape index (κ1) is 13.0. The summed E-state index contributed by atoms with van der Waals surface area (Å²) in [5, 5.41) is 3.12. The van der Waals surface area contributed by atoms with Crippen molar-refractivity contribution in [2.24, 2.45) is 5.92 Å². The Kier molecular flexibility index (Phi) is 4.31. The van der Waals surface area contributed by atoms with Crippen molar-refractivity contribution < 1.29 is 4.79 Å². The molecule has 1 fully saturated rings. The van der Waals surface area contributed by atoms with E-state index in [1.165, 1.54) is 0 Å². The number of pyridine rings is 1. The van der Waals surface area contributed by atoms with Crippen molar-refractivity contribution in [3.05, 3.63) is 30.1 Å². The predicted octanol–water partition coefficient (Wildman–Crippen LogP) is 1.43. The summed E-state index contributed by atoms with van der Waals surface area (Å²) < 4.78 is 0. The van der Waals surface area contributed by atoms with Gasteiger partial charge in [0.15, 0.2) is 0 Å². The largest absolute Gasteiger partial charge is 0.335 e. The molecular weight excluding hydrogens is 226 g/mol. The summed E-state index contributed by atoms with van der Waals surface area (Å²) >= 11 is 0. The topological polar surface area (TPSA) is 45.2 Å². The summed E-state index contributed by atoms with van der Waals surface area (Å²) in [6.07, 6.45) is 3.79. The van der Waals surface area contributed by atoms with Gasteiger partial charge >= 0.3 is 0 Å². The van der Waals surface area contributed by atoms with Gasteiger partial charge < -0.3 is 10.2 Å². The third-order valence-corrected chi connectivity index (χ3v) is 3.52. The number of hydrogen-bond acceptors (Lipinski definition) is 3. The molecular formula is C14H21N3O. The molecule has 0 bridgehead atoms. The Labute approximate surface area is 108 Å². The van der Waals surface area contributed by atoms with Crippen LogP contribution in [0.15, 0.2) is 24.4 Å². The highest BCUT2D eigenvalue weighted by Gasteiger charge is 2.28. The molecule has 0 aromatic carbocycles. The molecule has 2 rings (SSSR count). The molecule has 1 saturated heterocycles. The molecule has 0 radical (unpaired) electrons. The van der Waals surface area contributed by atoms with E-state index < -0.39 is 0 Å². The van der Waals surface area contributed by atoms with E-state index in [0.29, 0.717) is 12.5 Å². The van der Waals surface area contributed by atoms with E-state index in [1.54, 1.807) is 6.20 Å². The van der Waals surface area contributed by atoms with Gasteiger partial charge in [0.2, 0.25) is 5.91 Å². The van der Waals surface area contributed by atoms with E-state index in [0.717, 1.165) is 25.1 Å². The fourth-order valence-electron chi connectivity index (χ4n) is 2.45. The lowest BCUT2D eigenvalue weighted by Crippen LogP contribution is -2.44. The monoisotopic (exact) mass is 247 g/mol. The number of carbonyl (C=O) groups excluding carboxylic acids is 1. The van der Waals surface area contributed by atoms with Gasteiger partial charge in [-0.05, 0) is 37.9 Å². The van der Waals surface area contributed by atoms with Crippen LogP contribution >= 0.6 is 0 Å². The minimum Gasteiger partial charge on any atom is -0.335 e. The minimum absolute atomic E-state index is 0.0429. The van der Waals surface area contributed by atoms with Gasteiger partial charge in [-0.3, -0.25) is 9.78 Å². The van der Waals surface area contributed by atoms with Crippen LogP contribution < -0.4 is 5.32 Å². The Morgan fingerprint density at radius 3 is 2.94 bits per heavy atom. The average Bonchev–Trinajstić information content (AvgIpc) is 2.51. The maximum atomic E-state index is 12.4. The number of carbonyl (C=O) groups is 1. The highest BCUT2D eigenvalue weighted by Crippen LogP contribution is 2.18. The molecule has 98 valence electrons. The Hall–Kier alpha value is -1.42. The maximum absolute atomic E-state index is 12.4. The molecule has 1 aliphatic heterocycles. The first-order valence-electron chi connectivity index (χ1n) is 6.56. The molecule has 4 heteroatoms. The predicted molar refractivity (Wildman–Crippen MR) is 70.9 cm³/mol. The number of likely N-dealkylation sites (tertiary alicyclic amines) is 1. The smallest absolute Gasteiger partial charge is 0.240 e. The molecule has 18 heavy (non-hydrogen) atoms. The van der Waals surface area contributed by atoms with Gasteiger partial charge in [0.25, 0.3) is 0 Å². The molecule has 1 aromatic rings. The van der Waals surface area contributed by atoms with Crippen molar-refractivity contribution in [1.29, 1.82) is 0 Å². The molecule has 2 heterocycles. The lowest BCUT2D eigenvalue weighted by atomic mass is 10.0. The standard InChI is InChI=1S/C14H21N3O/c1-11-6-7-13(15-2)14(18)17(9-11)10-12-5-3-4-8-16-12/h3-5,8,11,13,15H,6-7,9-10H2,1-2H3. The molecule has 2 atom stereocenters. The summed E-state index contributed by atoms with van der Waals surface area (Å²) in [6, 6.07) is 5.78. The first-order valence-corrected chi connectivity index (χ1v) is 6.56. The van der Waals surface area contributed by atoms with Gasteiger partial charge in [0.1, 0.15) is 0 Å². The van der Waals surface area contributed by atoms with Crippen LogP contribution in [0.3, 0.4) is 0 Å². The van der Waals surface area contributed by atoms with E-state index in [1.807, 2.05) is 30.1 Å². The van der Waals surface area contributed by atoms with Crippen LogP contribution in [0.5, 0.6) is 0 Å². The van der Waals surface area contributed by atoms with Crippen molar-refractivity contribution in [2.75, 3.05) is 13.6 Å². The summed E-state index contributed by atoms with van der Waals surface area (Å²) in [4.78, 5) is 18.6. The lowest BCUT2D eigenvalue weighted by molar-refractivity contribution is -0.133. The normalized spacial score (nSPS) is 25.0. The van der Waals surface area contributed by atoms with E-state index >= 15 is 0 Å². The summed E-state index contributed by atoms with van der Waals surface area (Å²) in [5.74, 6) is 0.753. The molecule has 1 aliphatic rings. The zero-order valence-electron chi connectivity index (χ0n) is 11.1. The fourth-order valence-corrected chi connectivity index (χ4v) is 2.45. The second-order valence-corrected chi connectivity index (χ2v) is 5.06. The molecule has 1 aromatic heterocycles. The number of likely N-dealkylation sites (N-methyl/N-ethyl adjacent to an activating group) is 1. The maximum Gasteiger partial charge on any atom is 0.240 e. The Morgan fingerprint density at radius 2 is 2.28 bits per heavy atom. The van der Waals surface area contributed by atoms with Crippen LogP contribution in [-0.2, 0) is 11.3 Å². The quantitative estimate of drug-likeness (QED) is 0.879. The molecule has 0 spiro atoms. The average molecular weight is 247 g/mol. The summed E-state index contributed by atoms with van der Waals surface area (Å²) in [7, 11) is 1.86. The number of amides is 1. The number of aromatic nitrogens is 1. The Bertz CT molecular complexity index is 393. The fraction of sp³-hybridized carbons (Fsp3) is 0.571. The van der Waals surface area contributed by atoms with Crippen molar-refractivity contribution in [3.63, 3.8) is 0 Å². The first-order chi connectivity index (χ1) is 8.70. The molecule has 2 unspecified atom stereocenters. The van der Waals surface area contributed by atoms with Gasteiger partial charge in [-0.25, -0.2) is 0 Å². The van der Waals surface area contributed by atoms with Crippen LogP contribution in [-0.4, -0.2) is 35.4 Å².